The Balaban J connectivity index is 1.49. The zero-order valence-electron chi connectivity index (χ0n) is 20.3. The van der Waals surface area contributed by atoms with E-state index in [0.29, 0.717) is 29.4 Å². The summed E-state index contributed by atoms with van der Waals surface area (Å²) < 4.78 is 51.7. The van der Waals surface area contributed by atoms with Crippen molar-refractivity contribution in [2.75, 3.05) is 30.5 Å². The lowest BCUT2D eigenvalue weighted by molar-refractivity contribution is -0.325. The van der Waals surface area contributed by atoms with Crippen molar-refractivity contribution in [3.63, 3.8) is 0 Å². The molecule has 0 saturated heterocycles. The van der Waals surface area contributed by atoms with E-state index in [1.165, 1.54) is 41.1 Å². The molecule has 0 radical (unpaired) electrons. The number of nitriles is 1. The molecule has 0 fully saturated rings. The number of nitrogens with one attached hydrogen (secondary N) is 1. The Labute approximate surface area is 215 Å². The van der Waals surface area contributed by atoms with Crippen LogP contribution in [-0.4, -0.2) is 54.3 Å². The Morgan fingerprint density at radius 2 is 1.95 bits per heavy atom. The van der Waals surface area contributed by atoms with Crippen LogP contribution in [0.5, 0.6) is 11.5 Å². The van der Waals surface area contributed by atoms with Crippen LogP contribution in [0.1, 0.15) is 33.3 Å². The van der Waals surface area contributed by atoms with E-state index < -0.39 is 24.8 Å². The number of anilines is 2. The zero-order chi connectivity index (χ0) is 27.4. The molecule has 3 aromatic rings. The molecular formula is C25H22F3N5O5. The highest BCUT2D eigenvalue weighted by atomic mass is 19.4. The average molecular weight is 529 g/mol. The number of hydrogen-bond donors (Lipinski definition) is 1. The van der Waals surface area contributed by atoms with Gasteiger partial charge in [-0.25, -0.2) is 0 Å². The first-order valence-electron chi connectivity index (χ1n) is 11.3. The van der Waals surface area contributed by atoms with E-state index in [1.54, 1.807) is 24.3 Å². The minimum absolute atomic E-state index is 0.0610. The quantitative estimate of drug-likeness (QED) is 0.439. The molecule has 0 saturated carbocycles. The summed E-state index contributed by atoms with van der Waals surface area (Å²) in [7, 11) is 1.43. The van der Waals surface area contributed by atoms with Crippen molar-refractivity contribution in [1.82, 2.24) is 9.78 Å². The van der Waals surface area contributed by atoms with Gasteiger partial charge in [0.1, 0.15) is 29.9 Å². The first kappa shape index (κ1) is 26.5. The monoisotopic (exact) mass is 529 g/mol. The SMILES string of the molecule is COc1ccc(NC(=O)c2cnn3c2C(=O)N(c2ccc(OCCOC(F)(F)F)cc2)C(C)C3)cc1C#N. The predicted octanol–water partition coefficient (Wildman–Crippen LogP) is 3.98. The van der Waals surface area contributed by atoms with Crippen molar-refractivity contribution in [2.45, 2.75) is 25.9 Å². The lowest BCUT2D eigenvalue weighted by Crippen LogP contribution is -2.47. The number of carbonyl (C=O) groups is 2. The summed E-state index contributed by atoms with van der Waals surface area (Å²) in [5, 5.41) is 16.2. The summed E-state index contributed by atoms with van der Waals surface area (Å²) in [6.45, 7) is 1.18. The highest BCUT2D eigenvalue weighted by molar-refractivity contribution is 6.15. The van der Waals surface area contributed by atoms with Crippen LogP contribution in [0.3, 0.4) is 0 Å². The van der Waals surface area contributed by atoms with Gasteiger partial charge in [0.2, 0.25) is 0 Å². The second kappa shape index (κ2) is 10.8. The van der Waals surface area contributed by atoms with Crippen molar-refractivity contribution in [3.8, 4) is 17.6 Å². The molecule has 0 bridgehead atoms. The summed E-state index contributed by atoms with van der Waals surface area (Å²) in [6.07, 6.45) is -3.41. The summed E-state index contributed by atoms with van der Waals surface area (Å²) in [4.78, 5) is 28.1. The maximum Gasteiger partial charge on any atom is 0.522 e. The van der Waals surface area contributed by atoms with E-state index >= 15 is 0 Å². The number of hydrogen-bond acceptors (Lipinski definition) is 7. The van der Waals surface area contributed by atoms with Crippen LogP contribution in [0, 0.1) is 11.3 Å². The van der Waals surface area contributed by atoms with Crippen molar-refractivity contribution in [3.05, 3.63) is 65.5 Å². The van der Waals surface area contributed by atoms with Crippen LogP contribution < -0.4 is 19.7 Å². The van der Waals surface area contributed by atoms with Gasteiger partial charge >= 0.3 is 6.36 Å². The molecule has 0 spiro atoms. The number of methoxy groups -OCH3 is 1. The van der Waals surface area contributed by atoms with Gasteiger partial charge in [0.05, 0.1) is 43.6 Å². The second-order valence-corrected chi connectivity index (χ2v) is 8.23. The molecule has 1 N–H and O–H groups in total. The van der Waals surface area contributed by atoms with Gasteiger partial charge in [0, 0.05) is 11.4 Å². The number of alkyl halides is 3. The fourth-order valence-corrected chi connectivity index (χ4v) is 4.02. The smallest absolute Gasteiger partial charge is 0.495 e. The predicted molar refractivity (Wildman–Crippen MR) is 128 cm³/mol. The third-order valence-corrected chi connectivity index (χ3v) is 5.69. The molecule has 1 unspecified atom stereocenters. The van der Waals surface area contributed by atoms with Crippen LogP contribution in [0.4, 0.5) is 24.5 Å². The van der Waals surface area contributed by atoms with Gasteiger partial charge in [0.15, 0.2) is 0 Å². The third kappa shape index (κ3) is 5.70. The number of aromatic nitrogens is 2. The van der Waals surface area contributed by atoms with Crippen molar-refractivity contribution in [1.29, 1.82) is 5.26 Å². The number of rotatable bonds is 8. The average Bonchev–Trinajstić information content (AvgIpc) is 3.31. The van der Waals surface area contributed by atoms with Crippen molar-refractivity contribution < 1.29 is 37.0 Å². The third-order valence-electron chi connectivity index (χ3n) is 5.69. The molecule has 0 aliphatic carbocycles. The molecule has 2 amide bonds. The van der Waals surface area contributed by atoms with E-state index in [4.69, 9.17) is 9.47 Å². The number of carbonyl (C=O) groups excluding carboxylic acids is 2. The Morgan fingerprint density at radius 3 is 2.61 bits per heavy atom. The molecule has 198 valence electrons. The highest BCUT2D eigenvalue weighted by Gasteiger charge is 2.36. The van der Waals surface area contributed by atoms with Gasteiger partial charge in [-0.3, -0.25) is 19.0 Å². The van der Waals surface area contributed by atoms with Crippen molar-refractivity contribution >= 4 is 23.2 Å². The second-order valence-electron chi connectivity index (χ2n) is 8.23. The van der Waals surface area contributed by atoms with E-state index in [2.05, 4.69) is 15.2 Å². The topological polar surface area (TPSA) is 119 Å². The molecule has 1 aliphatic rings. The Hall–Kier alpha value is -4.57. The van der Waals surface area contributed by atoms with E-state index in [0.717, 1.165) is 0 Å². The number of fused-ring (bicyclic) bond motifs is 1. The molecule has 2 aromatic carbocycles. The number of benzene rings is 2. The van der Waals surface area contributed by atoms with Gasteiger partial charge < -0.3 is 19.7 Å². The Bertz CT molecular complexity index is 1380. The molecule has 1 atom stereocenters. The molecule has 38 heavy (non-hydrogen) atoms. The van der Waals surface area contributed by atoms with Gasteiger partial charge in [-0.2, -0.15) is 10.4 Å². The minimum Gasteiger partial charge on any atom is -0.495 e. The standard InChI is InChI=1S/C25H22F3N5O5/c1-15-14-32-22(20(13-30-32)23(34)31-17-3-8-21(36-2)16(11-17)12-29)24(35)33(15)18-4-6-19(7-5-18)37-9-10-38-25(26,27)28/h3-8,11,13,15H,9-10,14H2,1-2H3,(H,31,34). The van der Waals surface area contributed by atoms with Crippen LogP contribution in [-0.2, 0) is 11.3 Å². The summed E-state index contributed by atoms with van der Waals surface area (Å²) >= 11 is 0. The van der Waals surface area contributed by atoms with Gasteiger partial charge in [-0.15, -0.1) is 13.2 Å². The van der Waals surface area contributed by atoms with Crippen LogP contribution >= 0.6 is 0 Å². The van der Waals surface area contributed by atoms with E-state index in [1.807, 2.05) is 13.0 Å². The molecule has 1 aliphatic heterocycles. The molecule has 4 rings (SSSR count). The highest BCUT2D eigenvalue weighted by Crippen LogP contribution is 2.29. The number of nitrogens with zero attached hydrogens (tertiary/aromatic N) is 4. The minimum atomic E-state index is -4.73. The maximum atomic E-state index is 13.5. The molecule has 1 aromatic heterocycles. The van der Waals surface area contributed by atoms with E-state index in [-0.39, 0.29) is 29.5 Å². The fraction of sp³-hybridized carbons (Fsp3) is 0.280. The van der Waals surface area contributed by atoms with E-state index in [9.17, 15) is 28.0 Å². The molecule has 2 heterocycles. The van der Waals surface area contributed by atoms with Gasteiger partial charge in [0.25, 0.3) is 11.8 Å². The normalized spacial score (nSPS) is 15.0. The largest absolute Gasteiger partial charge is 0.522 e. The Kier molecular flexibility index (Phi) is 7.54. The van der Waals surface area contributed by atoms with Gasteiger partial charge in [-0.1, -0.05) is 0 Å². The summed E-state index contributed by atoms with van der Waals surface area (Å²) in [5.41, 5.74) is 1.25. The van der Waals surface area contributed by atoms with Crippen LogP contribution in [0.2, 0.25) is 0 Å². The van der Waals surface area contributed by atoms with Crippen LogP contribution in [0.15, 0.2) is 48.7 Å². The fourth-order valence-electron chi connectivity index (χ4n) is 4.02. The molecular weight excluding hydrogens is 507 g/mol. The lowest BCUT2D eigenvalue weighted by atomic mass is 10.1. The van der Waals surface area contributed by atoms with Gasteiger partial charge in [-0.05, 0) is 49.4 Å². The molecule has 10 nitrogen and oxygen atoms in total. The molecule has 13 heteroatoms. The maximum absolute atomic E-state index is 13.5. The lowest BCUT2D eigenvalue weighted by Gasteiger charge is -2.34. The van der Waals surface area contributed by atoms with Crippen molar-refractivity contribution in [2.24, 2.45) is 0 Å². The number of amides is 2. The Morgan fingerprint density at radius 1 is 1.21 bits per heavy atom. The summed E-state index contributed by atoms with van der Waals surface area (Å²) in [5.74, 6) is -0.365. The summed E-state index contributed by atoms with van der Waals surface area (Å²) in [6, 6.07) is 12.5. The number of halogens is 3. The first-order chi connectivity index (χ1) is 18.1. The zero-order valence-corrected chi connectivity index (χ0v) is 20.3. The van der Waals surface area contributed by atoms with Crippen LogP contribution in [0.25, 0.3) is 0 Å². The number of ether oxygens (including phenoxy) is 3. The first-order valence-corrected chi connectivity index (χ1v) is 11.3.